The average Bonchev–Trinajstić information content (AvgIpc) is 2.87. The highest BCUT2D eigenvalue weighted by Crippen LogP contribution is 2.30. The Morgan fingerprint density at radius 1 is 1.08 bits per heavy atom. The molecule has 1 aromatic heterocycles. The van der Waals surface area contributed by atoms with Crippen molar-refractivity contribution in [3.05, 3.63) is 77.5 Å². The molecule has 3 rings (SSSR count). The number of nitrogens with one attached hydrogen (secondary N) is 1. The zero-order valence-electron chi connectivity index (χ0n) is 20.6. The molecule has 0 atom stereocenters. The Hall–Kier alpha value is -4.24. The quantitative estimate of drug-likeness (QED) is 0.140. The second-order valence-electron chi connectivity index (χ2n) is 8.55. The molecule has 2 aromatic carbocycles. The number of carboxylic acids is 1. The fourth-order valence-electron chi connectivity index (χ4n) is 3.88. The van der Waals surface area contributed by atoms with Crippen molar-refractivity contribution in [2.24, 2.45) is 16.7 Å². The van der Waals surface area contributed by atoms with E-state index in [0.717, 1.165) is 46.4 Å². The maximum atomic E-state index is 12.5. The van der Waals surface area contributed by atoms with Crippen LogP contribution in [0.15, 0.2) is 65.9 Å². The van der Waals surface area contributed by atoms with Gasteiger partial charge in [0.1, 0.15) is 6.54 Å². The molecule has 1 heterocycles. The molecule has 36 heavy (non-hydrogen) atoms. The lowest BCUT2D eigenvalue weighted by Crippen LogP contribution is -2.35. The Morgan fingerprint density at radius 2 is 1.81 bits per heavy atom. The number of aliphatic carboxylic acids is 1. The van der Waals surface area contributed by atoms with Crippen LogP contribution in [-0.2, 0) is 16.1 Å². The molecule has 188 valence electrons. The predicted octanol–water partition coefficient (Wildman–Crippen LogP) is 3.41. The molecule has 3 aromatic rings. The van der Waals surface area contributed by atoms with Gasteiger partial charge in [-0.05, 0) is 59.9 Å². The number of nitrogens with zero attached hydrogens (tertiary/aromatic N) is 3. The molecule has 9 heteroatoms. The first-order chi connectivity index (χ1) is 17.3. The summed E-state index contributed by atoms with van der Waals surface area (Å²) in [6.45, 7) is 3.89. The molecule has 0 radical (unpaired) electrons. The van der Waals surface area contributed by atoms with Gasteiger partial charge in [0.05, 0.1) is 5.69 Å². The van der Waals surface area contributed by atoms with Gasteiger partial charge in [-0.25, -0.2) is 11.4 Å². The van der Waals surface area contributed by atoms with Crippen LogP contribution in [0.25, 0.3) is 22.4 Å². The van der Waals surface area contributed by atoms with Crippen molar-refractivity contribution in [3.8, 4) is 22.4 Å². The van der Waals surface area contributed by atoms with Crippen LogP contribution in [0, 0.1) is 6.92 Å². The largest absolute Gasteiger partial charge is 0.480 e. The summed E-state index contributed by atoms with van der Waals surface area (Å²) in [6, 6.07) is 17.3. The zero-order valence-corrected chi connectivity index (χ0v) is 20.6. The summed E-state index contributed by atoms with van der Waals surface area (Å²) in [5.74, 6) is 4.38. The predicted molar refractivity (Wildman–Crippen MR) is 140 cm³/mol. The lowest BCUT2D eigenvalue weighted by Gasteiger charge is -2.21. The van der Waals surface area contributed by atoms with E-state index < -0.39 is 5.97 Å². The van der Waals surface area contributed by atoms with Crippen LogP contribution in [0.5, 0.6) is 0 Å². The first kappa shape index (κ1) is 26.4. The van der Waals surface area contributed by atoms with Crippen molar-refractivity contribution in [2.45, 2.75) is 39.7 Å². The summed E-state index contributed by atoms with van der Waals surface area (Å²) in [4.78, 5) is 29.7. The number of amidine groups is 1. The number of carboxylic acid groups (broad SMARTS) is 1. The van der Waals surface area contributed by atoms with Crippen LogP contribution in [0.3, 0.4) is 0 Å². The fraction of sp³-hybridized carbons (Fsp3) is 0.259. The van der Waals surface area contributed by atoms with Gasteiger partial charge in [0.2, 0.25) is 5.91 Å². The number of carbonyl (C=O) groups excluding carboxylic acids is 1. The number of hydrazone groups is 1. The van der Waals surface area contributed by atoms with Crippen LogP contribution >= 0.6 is 0 Å². The standard InChI is InChI=1S/C27H32N6O3/c1-3-4-5-25(34)33(17-26(35)36)16-19-6-8-20(9-7-19)23-15-21(24-14-18(2)12-13-30-24)10-11-22(23)27(28)31-32-29/h6-15,32H,3-5,16-17,29H2,1-2H3,(H2,28,31)(H,35,36). The van der Waals surface area contributed by atoms with Gasteiger partial charge in [0.15, 0.2) is 5.84 Å². The van der Waals surface area contributed by atoms with E-state index in [1.165, 1.54) is 4.90 Å². The second kappa shape index (κ2) is 12.5. The number of benzene rings is 2. The van der Waals surface area contributed by atoms with E-state index in [2.05, 4.69) is 15.6 Å². The van der Waals surface area contributed by atoms with Crippen molar-refractivity contribution < 1.29 is 14.7 Å². The topological polar surface area (TPSA) is 147 Å². The van der Waals surface area contributed by atoms with E-state index in [1.807, 2.05) is 68.4 Å². The minimum absolute atomic E-state index is 0.165. The highest BCUT2D eigenvalue weighted by molar-refractivity contribution is 6.04. The smallest absolute Gasteiger partial charge is 0.323 e. The number of aromatic nitrogens is 1. The van der Waals surface area contributed by atoms with Crippen molar-refractivity contribution in [2.75, 3.05) is 6.54 Å². The lowest BCUT2D eigenvalue weighted by atomic mass is 9.94. The van der Waals surface area contributed by atoms with Gasteiger partial charge in [-0.3, -0.25) is 14.6 Å². The number of rotatable bonds is 11. The van der Waals surface area contributed by atoms with E-state index >= 15 is 0 Å². The highest BCUT2D eigenvalue weighted by Gasteiger charge is 2.17. The molecule has 0 fully saturated rings. The molecular weight excluding hydrogens is 456 g/mol. The van der Waals surface area contributed by atoms with E-state index in [4.69, 9.17) is 11.6 Å². The molecule has 0 aliphatic rings. The summed E-state index contributed by atoms with van der Waals surface area (Å²) in [6.07, 6.45) is 3.70. The fourth-order valence-corrected chi connectivity index (χ4v) is 3.88. The minimum Gasteiger partial charge on any atom is -0.480 e. The van der Waals surface area contributed by atoms with E-state index in [9.17, 15) is 14.7 Å². The summed E-state index contributed by atoms with van der Waals surface area (Å²) in [7, 11) is 0. The normalized spacial score (nSPS) is 11.2. The summed E-state index contributed by atoms with van der Waals surface area (Å²) < 4.78 is 0. The molecule has 0 spiro atoms. The molecule has 0 saturated carbocycles. The first-order valence-electron chi connectivity index (χ1n) is 11.8. The van der Waals surface area contributed by atoms with Crippen LogP contribution in [0.4, 0.5) is 0 Å². The lowest BCUT2D eigenvalue weighted by molar-refractivity contribution is -0.144. The number of hydrazine groups is 1. The Balaban J connectivity index is 1.95. The molecule has 0 bridgehead atoms. The number of carbonyl (C=O) groups is 2. The number of amides is 1. The Labute approximate surface area is 210 Å². The zero-order chi connectivity index (χ0) is 26.1. The van der Waals surface area contributed by atoms with Crippen LogP contribution in [-0.4, -0.2) is 39.2 Å². The van der Waals surface area contributed by atoms with Gasteiger partial charge in [-0.2, -0.15) is 0 Å². The number of aryl methyl sites for hydroxylation is 1. The maximum absolute atomic E-state index is 12.5. The average molecular weight is 489 g/mol. The number of hydrogen-bond donors (Lipinski definition) is 4. The Kier molecular flexibility index (Phi) is 9.13. The first-order valence-corrected chi connectivity index (χ1v) is 11.8. The van der Waals surface area contributed by atoms with Gasteiger partial charge in [0.25, 0.3) is 0 Å². The van der Waals surface area contributed by atoms with Crippen molar-refractivity contribution in [3.63, 3.8) is 0 Å². The van der Waals surface area contributed by atoms with Crippen molar-refractivity contribution in [1.82, 2.24) is 15.4 Å². The number of unbranched alkanes of at least 4 members (excludes halogenated alkanes) is 1. The van der Waals surface area contributed by atoms with Crippen molar-refractivity contribution >= 4 is 17.7 Å². The third kappa shape index (κ3) is 6.89. The summed E-state index contributed by atoms with van der Waals surface area (Å²) in [5.41, 5.74) is 14.5. The Bertz CT molecular complexity index is 1240. The Morgan fingerprint density at radius 3 is 2.44 bits per heavy atom. The van der Waals surface area contributed by atoms with Gasteiger partial charge in [-0.1, -0.05) is 43.7 Å². The van der Waals surface area contributed by atoms with Gasteiger partial charge in [-0.15, -0.1) is 5.10 Å². The maximum Gasteiger partial charge on any atom is 0.323 e. The van der Waals surface area contributed by atoms with Crippen molar-refractivity contribution in [1.29, 1.82) is 0 Å². The molecule has 0 aliphatic heterocycles. The van der Waals surface area contributed by atoms with Crippen LogP contribution < -0.4 is 17.1 Å². The molecule has 9 nitrogen and oxygen atoms in total. The molecule has 0 saturated heterocycles. The van der Waals surface area contributed by atoms with E-state index in [-0.39, 0.29) is 24.8 Å². The molecule has 1 amide bonds. The highest BCUT2D eigenvalue weighted by atomic mass is 16.4. The van der Waals surface area contributed by atoms with Crippen LogP contribution in [0.1, 0.15) is 42.9 Å². The van der Waals surface area contributed by atoms with E-state index in [1.54, 1.807) is 6.20 Å². The summed E-state index contributed by atoms with van der Waals surface area (Å²) in [5, 5.41) is 13.2. The minimum atomic E-state index is -1.04. The number of nitrogens with two attached hydrogens (primary N) is 2. The molecule has 0 aliphatic carbocycles. The monoisotopic (exact) mass is 488 g/mol. The number of hydrogen-bond acceptors (Lipinski definition) is 6. The third-order valence-electron chi connectivity index (χ3n) is 5.75. The number of pyridine rings is 1. The summed E-state index contributed by atoms with van der Waals surface area (Å²) >= 11 is 0. The second-order valence-corrected chi connectivity index (χ2v) is 8.55. The SMILES string of the molecule is CCCCC(=O)N(CC(=O)O)Cc1ccc(-c2cc(-c3cc(C)ccn3)ccc2/C(N)=N/NN)cc1. The van der Waals surface area contributed by atoms with E-state index in [0.29, 0.717) is 12.0 Å². The van der Waals surface area contributed by atoms with Gasteiger partial charge >= 0.3 is 5.97 Å². The van der Waals surface area contributed by atoms with Gasteiger partial charge in [0, 0.05) is 30.3 Å². The molecule has 6 N–H and O–H groups in total. The molecular formula is C27H32N6O3. The van der Waals surface area contributed by atoms with Crippen LogP contribution in [0.2, 0.25) is 0 Å². The molecule has 0 unspecified atom stereocenters. The third-order valence-corrected chi connectivity index (χ3v) is 5.75. The van der Waals surface area contributed by atoms with Gasteiger partial charge < -0.3 is 15.7 Å².